The number of nitrogens with zero attached hydrogens (tertiary/aromatic N) is 1. The second-order valence-electron chi connectivity index (χ2n) is 4.61. The maximum Gasteiger partial charge on any atom is 0.152 e. The first-order chi connectivity index (χ1) is 10.6. The summed E-state index contributed by atoms with van der Waals surface area (Å²) >= 11 is 2.94. The molecule has 3 rings (SSSR count). The van der Waals surface area contributed by atoms with Gasteiger partial charge in [-0.15, -0.1) is 0 Å². The van der Waals surface area contributed by atoms with Gasteiger partial charge in [0, 0.05) is 11.3 Å². The molecule has 0 atom stereocenters. The molecule has 112 valence electrons. The highest BCUT2D eigenvalue weighted by atomic mass is 32.2. The molecule has 0 bridgehead atoms. The third-order valence-corrected chi connectivity index (χ3v) is 5.13. The highest BCUT2D eigenvalue weighted by Crippen LogP contribution is 2.36. The lowest BCUT2D eigenvalue weighted by molar-refractivity contribution is 0.627. The lowest BCUT2D eigenvalue weighted by Crippen LogP contribution is -1.86. The van der Waals surface area contributed by atoms with Crippen molar-refractivity contribution >= 4 is 28.1 Å². The van der Waals surface area contributed by atoms with Crippen LogP contribution in [0, 0.1) is 11.6 Å². The minimum absolute atomic E-state index is 0.245. The molecule has 0 aliphatic carbocycles. The zero-order valence-electron chi connectivity index (χ0n) is 11.4. The quantitative estimate of drug-likeness (QED) is 0.685. The van der Waals surface area contributed by atoms with Gasteiger partial charge in [-0.1, -0.05) is 35.2 Å². The molecule has 0 radical (unpaired) electrons. The number of anilines is 1. The van der Waals surface area contributed by atoms with Crippen LogP contribution in [0.15, 0.2) is 52.9 Å². The SMILES string of the molecule is Nc1sc(SCc2ccc(F)cc2)nc1-c1ccc(F)cc1. The van der Waals surface area contributed by atoms with Gasteiger partial charge < -0.3 is 5.73 Å². The van der Waals surface area contributed by atoms with Gasteiger partial charge in [-0.2, -0.15) is 0 Å². The van der Waals surface area contributed by atoms with Crippen molar-refractivity contribution in [2.75, 3.05) is 5.73 Å². The van der Waals surface area contributed by atoms with Crippen molar-refractivity contribution in [1.82, 2.24) is 4.98 Å². The summed E-state index contributed by atoms with van der Waals surface area (Å²) in [6.07, 6.45) is 0. The van der Waals surface area contributed by atoms with Gasteiger partial charge in [0.05, 0.1) is 0 Å². The molecule has 2 aromatic carbocycles. The number of nitrogen functional groups attached to an aromatic ring is 1. The van der Waals surface area contributed by atoms with Crippen LogP contribution >= 0.6 is 23.1 Å². The second kappa shape index (κ2) is 6.46. The molecule has 0 aliphatic rings. The highest BCUT2D eigenvalue weighted by molar-refractivity contribution is 8.00. The summed E-state index contributed by atoms with van der Waals surface area (Å²) in [5.41, 5.74) is 8.48. The van der Waals surface area contributed by atoms with E-state index in [-0.39, 0.29) is 11.6 Å². The maximum absolute atomic E-state index is 13.0. The smallest absolute Gasteiger partial charge is 0.152 e. The molecule has 3 aromatic rings. The van der Waals surface area contributed by atoms with Gasteiger partial charge in [-0.05, 0) is 42.0 Å². The zero-order chi connectivity index (χ0) is 15.5. The zero-order valence-corrected chi connectivity index (χ0v) is 13.1. The van der Waals surface area contributed by atoms with Crippen LogP contribution in [0.4, 0.5) is 13.8 Å². The van der Waals surface area contributed by atoms with Gasteiger partial charge in [0.15, 0.2) is 4.34 Å². The lowest BCUT2D eigenvalue weighted by atomic mass is 10.2. The molecule has 6 heteroatoms. The minimum Gasteiger partial charge on any atom is -0.389 e. The molecule has 1 aromatic heterocycles. The molecule has 1 heterocycles. The van der Waals surface area contributed by atoms with Crippen molar-refractivity contribution in [2.45, 2.75) is 10.1 Å². The number of thioether (sulfide) groups is 1. The normalized spacial score (nSPS) is 10.8. The van der Waals surface area contributed by atoms with Gasteiger partial charge in [-0.25, -0.2) is 13.8 Å². The fraction of sp³-hybridized carbons (Fsp3) is 0.0625. The van der Waals surface area contributed by atoms with E-state index < -0.39 is 0 Å². The summed E-state index contributed by atoms with van der Waals surface area (Å²) in [6, 6.07) is 12.5. The van der Waals surface area contributed by atoms with Crippen molar-refractivity contribution in [3.63, 3.8) is 0 Å². The van der Waals surface area contributed by atoms with Crippen LogP contribution in [0.1, 0.15) is 5.56 Å². The van der Waals surface area contributed by atoms with Crippen molar-refractivity contribution in [3.05, 3.63) is 65.7 Å². The Hall–Kier alpha value is -1.92. The monoisotopic (exact) mass is 334 g/mol. The Labute approximate surface area is 135 Å². The van der Waals surface area contributed by atoms with Crippen LogP contribution in [0.5, 0.6) is 0 Å². The summed E-state index contributed by atoms with van der Waals surface area (Å²) < 4.78 is 26.7. The Balaban J connectivity index is 1.74. The topological polar surface area (TPSA) is 38.9 Å². The van der Waals surface area contributed by atoms with Crippen LogP contribution in [0.25, 0.3) is 11.3 Å². The number of thiazole rings is 1. The number of hydrogen-bond donors (Lipinski definition) is 1. The van der Waals surface area contributed by atoms with Gasteiger partial charge in [-0.3, -0.25) is 0 Å². The summed E-state index contributed by atoms with van der Waals surface area (Å²) in [7, 11) is 0. The number of aromatic nitrogens is 1. The van der Waals surface area contributed by atoms with E-state index in [1.165, 1.54) is 35.6 Å². The van der Waals surface area contributed by atoms with E-state index in [4.69, 9.17) is 5.73 Å². The Morgan fingerprint density at radius 2 is 1.55 bits per heavy atom. The van der Waals surface area contributed by atoms with Gasteiger partial charge >= 0.3 is 0 Å². The molecular formula is C16H12F2N2S2. The fourth-order valence-electron chi connectivity index (χ4n) is 1.91. The molecule has 0 amide bonds. The number of halogens is 2. The first kappa shape index (κ1) is 15.0. The third kappa shape index (κ3) is 3.45. The van der Waals surface area contributed by atoms with Crippen LogP contribution < -0.4 is 5.73 Å². The first-order valence-electron chi connectivity index (χ1n) is 6.51. The Bertz CT molecular complexity index is 768. The van der Waals surface area contributed by atoms with Crippen LogP contribution in [0.2, 0.25) is 0 Å². The fourth-order valence-corrected chi connectivity index (χ4v) is 3.82. The number of hydrogen-bond acceptors (Lipinski definition) is 4. The summed E-state index contributed by atoms with van der Waals surface area (Å²) in [5.74, 6) is 0.158. The Morgan fingerprint density at radius 3 is 2.18 bits per heavy atom. The van der Waals surface area contributed by atoms with E-state index >= 15 is 0 Å². The second-order valence-corrected chi connectivity index (χ2v) is 6.87. The predicted octanol–water partition coefficient (Wildman–Crippen LogP) is 4.96. The number of benzene rings is 2. The molecule has 0 fully saturated rings. The van der Waals surface area contributed by atoms with Gasteiger partial charge in [0.25, 0.3) is 0 Å². The Kier molecular flexibility index (Phi) is 4.40. The van der Waals surface area contributed by atoms with Crippen LogP contribution in [0.3, 0.4) is 0 Å². The van der Waals surface area contributed by atoms with Crippen molar-refractivity contribution in [3.8, 4) is 11.3 Å². The molecule has 2 N–H and O–H groups in total. The summed E-state index contributed by atoms with van der Waals surface area (Å²) in [5, 5.41) is 0.605. The predicted molar refractivity (Wildman–Crippen MR) is 87.9 cm³/mol. The van der Waals surface area contributed by atoms with Crippen LogP contribution in [-0.2, 0) is 5.75 Å². The summed E-state index contributed by atoms with van der Waals surface area (Å²) in [6.45, 7) is 0. The maximum atomic E-state index is 13.0. The van der Waals surface area contributed by atoms with E-state index in [0.717, 1.165) is 15.5 Å². The molecule has 0 saturated heterocycles. The molecule has 0 spiro atoms. The largest absolute Gasteiger partial charge is 0.389 e. The molecule has 0 saturated carbocycles. The average Bonchev–Trinajstić information content (AvgIpc) is 2.89. The van der Waals surface area contributed by atoms with Crippen molar-refractivity contribution in [1.29, 1.82) is 0 Å². The summed E-state index contributed by atoms with van der Waals surface area (Å²) in [4.78, 5) is 4.50. The van der Waals surface area contributed by atoms with E-state index in [9.17, 15) is 8.78 Å². The third-order valence-electron chi connectivity index (χ3n) is 3.03. The van der Waals surface area contributed by atoms with E-state index in [0.29, 0.717) is 16.4 Å². The van der Waals surface area contributed by atoms with Crippen molar-refractivity contribution in [2.24, 2.45) is 0 Å². The number of nitrogens with two attached hydrogens (primary N) is 1. The van der Waals surface area contributed by atoms with E-state index in [1.807, 2.05) is 0 Å². The van der Waals surface area contributed by atoms with E-state index in [2.05, 4.69) is 4.98 Å². The first-order valence-corrected chi connectivity index (χ1v) is 8.31. The van der Waals surface area contributed by atoms with Gasteiger partial charge in [0.1, 0.15) is 22.3 Å². The molecule has 22 heavy (non-hydrogen) atoms. The van der Waals surface area contributed by atoms with Crippen molar-refractivity contribution < 1.29 is 8.78 Å². The molecule has 2 nitrogen and oxygen atoms in total. The van der Waals surface area contributed by atoms with E-state index in [1.54, 1.807) is 36.0 Å². The lowest BCUT2D eigenvalue weighted by Gasteiger charge is -1.99. The molecule has 0 aliphatic heterocycles. The minimum atomic E-state index is -0.288. The highest BCUT2D eigenvalue weighted by Gasteiger charge is 2.11. The standard InChI is InChI=1S/C16H12F2N2S2/c17-12-5-1-10(2-6-12)9-21-16-20-14(15(19)22-16)11-3-7-13(18)8-4-11/h1-8H,9,19H2. The average molecular weight is 334 g/mol. The van der Waals surface area contributed by atoms with Gasteiger partial charge in [0.2, 0.25) is 0 Å². The molecular weight excluding hydrogens is 322 g/mol. The number of rotatable bonds is 4. The van der Waals surface area contributed by atoms with Crippen LogP contribution in [-0.4, -0.2) is 4.98 Å². The Morgan fingerprint density at radius 1 is 0.955 bits per heavy atom. The molecule has 0 unspecified atom stereocenters.